The molecule has 1 aliphatic carbocycles. The van der Waals surface area contributed by atoms with Crippen molar-refractivity contribution in [1.82, 2.24) is 4.90 Å². The molecule has 0 N–H and O–H groups in total. The number of carbonyl (C=O) groups is 2. The van der Waals surface area contributed by atoms with Crippen LogP contribution in [-0.4, -0.2) is 61.8 Å². The lowest BCUT2D eigenvalue weighted by Gasteiger charge is -2.29. The van der Waals surface area contributed by atoms with Gasteiger partial charge < -0.3 is 9.64 Å². The van der Waals surface area contributed by atoms with Crippen molar-refractivity contribution >= 4 is 45.2 Å². The molecule has 1 saturated heterocycles. The highest BCUT2D eigenvalue weighted by Gasteiger charge is 2.34. The predicted octanol–water partition coefficient (Wildman–Crippen LogP) is 2.34. The maximum Gasteiger partial charge on any atom is 0.249 e. The van der Waals surface area contributed by atoms with Crippen LogP contribution in [0, 0.1) is 0 Å². The number of amides is 2. The first kappa shape index (κ1) is 18.0. The number of morpholine rings is 1. The molecule has 4 heterocycles. The Balaban J connectivity index is 1.53. The normalized spacial score (nSPS) is 19.3. The summed E-state index contributed by atoms with van der Waals surface area (Å²) in [5.41, 5.74) is 3.32. The van der Waals surface area contributed by atoms with Gasteiger partial charge in [-0.25, -0.2) is 0 Å². The van der Waals surface area contributed by atoms with Crippen molar-refractivity contribution in [3.8, 4) is 0 Å². The van der Waals surface area contributed by atoms with Crippen LogP contribution in [0.2, 0.25) is 0 Å². The minimum atomic E-state index is -0.102. The second kappa shape index (κ2) is 7.42. The van der Waals surface area contributed by atoms with Crippen LogP contribution < -0.4 is 4.90 Å². The van der Waals surface area contributed by atoms with E-state index in [2.05, 4.69) is 6.07 Å². The topological polar surface area (TPSA) is 62.2 Å². The Hall–Kier alpha value is -2.03. The zero-order valence-corrected chi connectivity index (χ0v) is 17.1. The number of nitrogens with zero attached hydrogens (tertiary/aromatic N) is 3. The molecule has 6 nitrogen and oxygen atoms in total. The second-order valence-electron chi connectivity index (χ2n) is 7.15. The van der Waals surface area contributed by atoms with Crippen LogP contribution >= 0.6 is 22.7 Å². The van der Waals surface area contributed by atoms with Gasteiger partial charge in [0.05, 0.1) is 23.8 Å². The molecule has 0 spiro atoms. The predicted molar refractivity (Wildman–Crippen MR) is 111 cm³/mol. The zero-order chi connectivity index (χ0) is 19.1. The van der Waals surface area contributed by atoms with Gasteiger partial charge in [0.25, 0.3) is 0 Å². The third kappa shape index (κ3) is 3.09. The smallest absolute Gasteiger partial charge is 0.249 e. The summed E-state index contributed by atoms with van der Waals surface area (Å²) in [6, 6.07) is 4.08. The van der Waals surface area contributed by atoms with Crippen LogP contribution in [-0.2, 0) is 27.2 Å². The van der Waals surface area contributed by atoms with E-state index in [1.54, 1.807) is 32.5 Å². The van der Waals surface area contributed by atoms with Crippen LogP contribution in [0.5, 0.6) is 0 Å². The summed E-state index contributed by atoms with van der Waals surface area (Å²) in [5.74, 6) is -0.120. The maximum atomic E-state index is 13.0. The lowest BCUT2D eigenvalue weighted by molar-refractivity contribution is -0.134. The zero-order valence-electron chi connectivity index (χ0n) is 15.5. The van der Waals surface area contributed by atoms with Crippen molar-refractivity contribution < 1.29 is 14.3 Å². The van der Waals surface area contributed by atoms with E-state index >= 15 is 0 Å². The minimum absolute atomic E-state index is 0.0178. The Kier molecular flexibility index (Phi) is 4.78. The summed E-state index contributed by atoms with van der Waals surface area (Å²) in [7, 11) is 0. The summed E-state index contributed by atoms with van der Waals surface area (Å²) in [6.45, 7) is 2.46. The first-order valence-electron chi connectivity index (χ1n) is 9.61. The Bertz CT molecular complexity index is 942. The molecule has 2 aliphatic heterocycles. The van der Waals surface area contributed by atoms with Crippen molar-refractivity contribution in [2.24, 2.45) is 4.99 Å². The molecule has 28 heavy (non-hydrogen) atoms. The molecule has 1 fully saturated rings. The molecule has 0 unspecified atom stereocenters. The van der Waals surface area contributed by atoms with Crippen LogP contribution in [0.1, 0.15) is 27.3 Å². The number of aryl methyl sites for hydroxylation is 1. The van der Waals surface area contributed by atoms with E-state index < -0.39 is 0 Å². The maximum absolute atomic E-state index is 13.0. The van der Waals surface area contributed by atoms with Gasteiger partial charge in [-0.3, -0.25) is 19.5 Å². The van der Waals surface area contributed by atoms with E-state index in [0.29, 0.717) is 26.3 Å². The fourth-order valence-corrected chi connectivity index (χ4v) is 6.22. The van der Waals surface area contributed by atoms with Crippen molar-refractivity contribution in [2.45, 2.75) is 19.3 Å². The number of fused-ring (bicyclic) bond motifs is 3. The molecule has 3 aliphatic rings. The molecule has 2 aromatic heterocycles. The molecule has 0 atom stereocenters. The Labute approximate surface area is 171 Å². The van der Waals surface area contributed by atoms with Gasteiger partial charge in [0.2, 0.25) is 11.8 Å². The first-order chi connectivity index (χ1) is 13.7. The summed E-state index contributed by atoms with van der Waals surface area (Å²) < 4.78 is 5.34. The third-order valence-corrected chi connectivity index (χ3v) is 7.66. The Morgan fingerprint density at radius 2 is 2.11 bits per heavy atom. The molecular formula is C20H21N3O3S2. The average molecular weight is 416 g/mol. The highest BCUT2D eigenvalue weighted by molar-refractivity contribution is 7.17. The van der Waals surface area contributed by atoms with E-state index in [1.165, 1.54) is 10.4 Å². The first-order valence-corrected chi connectivity index (χ1v) is 11.3. The average Bonchev–Trinajstić information content (AvgIpc) is 3.44. The Morgan fingerprint density at radius 3 is 2.89 bits per heavy atom. The van der Waals surface area contributed by atoms with Crippen molar-refractivity contribution in [1.29, 1.82) is 0 Å². The molecule has 0 aromatic carbocycles. The highest BCUT2D eigenvalue weighted by atomic mass is 32.1. The fraction of sp³-hybridized carbons (Fsp3) is 0.450. The molecular weight excluding hydrogens is 394 g/mol. The number of ether oxygens (including phenoxy) is 1. The van der Waals surface area contributed by atoms with E-state index in [1.807, 2.05) is 11.4 Å². The quantitative estimate of drug-likeness (QED) is 0.773. The molecule has 0 bridgehead atoms. The monoisotopic (exact) mass is 415 g/mol. The second-order valence-corrected chi connectivity index (χ2v) is 9.18. The molecule has 2 amide bonds. The largest absolute Gasteiger partial charge is 0.378 e. The van der Waals surface area contributed by atoms with Gasteiger partial charge in [0.15, 0.2) is 0 Å². The van der Waals surface area contributed by atoms with Crippen LogP contribution in [0.25, 0.3) is 0 Å². The number of hydrogen-bond donors (Lipinski definition) is 0. The molecule has 8 heteroatoms. The number of rotatable bonds is 3. The SMILES string of the molecule is O=C(CN1C(=O)CN=C(c2cccs2)c2c1sc1c2CCC1)N1CCOCC1. The summed E-state index contributed by atoms with van der Waals surface area (Å²) in [6.07, 6.45) is 3.21. The lowest BCUT2D eigenvalue weighted by atomic mass is 10.0. The van der Waals surface area contributed by atoms with Crippen LogP contribution in [0.15, 0.2) is 22.5 Å². The van der Waals surface area contributed by atoms with E-state index in [0.717, 1.165) is 40.4 Å². The number of carbonyl (C=O) groups excluding carboxylic acids is 2. The number of anilines is 1. The van der Waals surface area contributed by atoms with Gasteiger partial charge in [-0.1, -0.05) is 6.07 Å². The summed E-state index contributed by atoms with van der Waals surface area (Å²) in [4.78, 5) is 36.4. The number of aliphatic imine (C=N–C) groups is 1. The van der Waals surface area contributed by atoms with E-state index in [9.17, 15) is 9.59 Å². The van der Waals surface area contributed by atoms with Gasteiger partial charge >= 0.3 is 0 Å². The molecule has 0 radical (unpaired) electrons. The molecule has 5 rings (SSSR count). The molecule has 146 valence electrons. The number of hydrogen-bond acceptors (Lipinski definition) is 6. The molecule has 2 aromatic rings. The van der Waals surface area contributed by atoms with Gasteiger partial charge in [-0.15, -0.1) is 22.7 Å². The lowest BCUT2D eigenvalue weighted by Crippen LogP contribution is -2.47. The summed E-state index contributed by atoms with van der Waals surface area (Å²) >= 11 is 3.32. The van der Waals surface area contributed by atoms with Crippen molar-refractivity contribution in [2.75, 3.05) is 44.3 Å². The van der Waals surface area contributed by atoms with Gasteiger partial charge in [-0.2, -0.15) is 0 Å². The van der Waals surface area contributed by atoms with Crippen LogP contribution in [0.4, 0.5) is 5.00 Å². The van der Waals surface area contributed by atoms with Gasteiger partial charge in [0.1, 0.15) is 18.1 Å². The van der Waals surface area contributed by atoms with Gasteiger partial charge in [0, 0.05) is 23.5 Å². The van der Waals surface area contributed by atoms with E-state index in [4.69, 9.17) is 9.73 Å². The van der Waals surface area contributed by atoms with Gasteiger partial charge in [-0.05, 0) is 36.3 Å². The summed E-state index contributed by atoms with van der Waals surface area (Å²) in [5, 5.41) is 2.94. The minimum Gasteiger partial charge on any atom is -0.378 e. The Morgan fingerprint density at radius 1 is 1.25 bits per heavy atom. The van der Waals surface area contributed by atoms with Crippen molar-refractivity contribution in [3.63, 3.8) is 0 Å². The third-order valence-electron chi connectivity index (χ3n) is 5.47. The van der Waals surface area contributed by atoms with E-state index in [-0.39, 0.29) is 24.9 Å². The van der Waals surface area contributed by atoms with Crippen LogP contribution in [0.3, 0.4) is 0 Å². The van der Waals surface area contributed by atoms with Crippen molar-refractivity contribution in [3.05, 3.63) is 38.4 Å². The standard InChI is InChI=1S/C20H21N3O3S2/c24-16-11-21-19(15-5-2-10-27-15)18-13-3-1-4-14(13)28-20(18)23(16)12-17(25)22-6-8-26-9-7-22/h2,5,10H,1,3-4,6-9,11-12H2. The fourth-order valence-electron chi connectivity index (χ4n) is 4.07. The highest BCUT2D eigenvalue weighted by Crippen LogP contribution is 2.43. The molecule has 0 saturated carbocycles. The number of thiophene rings is 2.